The average Bonchev–Trinajstić information content (AvgIpc) is 3.60. The Balaban J connectivity index is 1.70. The van der Waals surface area contributed by atoms with E-state index in [1.54, 1.807) is 77.1 Å². The summed E-state index contributed by atoms with van der Waals surface area (Å²) >= 11 is 0. The fraction of sp³-hybridized carbons (Fsp3) is 0.571. The molecule has 2 aromatic heterocycles. The number of carbonyl (C=O) groups excluding carboxylic acids is 3. The van der Waals surface area contributed by atoms with Crippen LogP contribution in [0.5, 0.6) is 5.75 Å². The highest BCUT2D eigenvalue weighted by Gasteiger charge is 2.59. The summed E-state index contributed by atoms with van der Waals surface area (Å²) in [7, 11) is -4.38. The van der Waals surface area contributed by atoms with Gasteiger partial charge in [-0.3, -0.25) is 18.9 Å². The summed E-state index contributed by atoms with van der Waals surface area (Å²) in [5.41, 5.74) is 5.42. The van der Waals surface area contributed by atoms with E-state index in [1.807, 2.05) is 20.8 Å². The van der Waals surface area contributed by atoms with Gasteiger partial charge in [-0.2, -0.15) is 10.2 Å². The molecule has 1 unspecified atom stereocenters. The molecule has 0 spiro atoms. The molecule has 0 bridgehead atoms. The number of rotatable bonds is 15. The summed E-state index contributed by atoms with van der Waals surface area (Å²) in [5, 5.41) is 7.02. The van der Waals surface area contributed by atoms with Gasteiger partial charge in [0.1, 0.15) is 35.3 Å². The molecule has 4 rings (SSSR count). The number of aromatic nitrogens is 3. The number of carbonyl (C=O) groups is 3. The van der Waals surface area contributed by atoms with Crippen LogP contribution in [-0.2, 0) is 48.0 Å². The Hall–Kier alpha value is -4.04. The Morgan fingerprint density at radius 3 is 2.27 bits per heavy atom. The lowest BCUT2D eigenvalue weighted by Gasteiger charge is -2.31. The maximum atomic E-state index is 14.4. The highest BCUT2D eigenvalue weighted by Crippen LogP contribution is 2.48. The lowest BCUT2D eigenvalue weighted by Crippen LogP contribution is -2.46. The van der Waals surface area contributed by atoms with Gasteiger partial charge in [-0.05, 0) is 49.9 Å². The maximum absolute atomic E-state index is 14.4. The van der Waals surface area contributed by atoms with Crippen LogP contribution in [0.25, 0.3) is 5.52 Å². The van der Waals surface area contributed by atoms with E-state index >= 15 is 0 Å². The molecule has 1 fully saturated rings. The molecule has 280 valence electrons. The zero-order valence-corrected chi connectivity index (χ0v) is 31.5. The molecule has 3 heterocycles. The molecule has 3 N–H and O–H groups in total. The number of esters is 3. The second-order valence-corrected chi connectivity index (χ2v) is 16.2. The second kappa shape index (κ2) is 16.1. The summed E-state index contributed by atoms with van der Waals surface area (Å²) in [6, 6.07) is 10.5. The maximum Gasteiger partial charge on any atom is 0.459 e. The van der Waals surface area contributed by atoms with E-state index in [0.29, 0.717) is 17.6 Å². The third-order valence-corrected chi connectivity index (χ3v) is 9.86. The lowest BCUT2D eigenvalue weighted by molar-refractivity contribution is -0.175. The Kier molecular flexibility index (Phi) is 12.5. The Morgan fingerprint density at radius 2 is 1.65 bits per heavy atom. The van der Waals surface area contributed by atoms with Crippen molar-refractivity contribution in [3.8, 4) is 5.75 Å². The van der Waals surface area contributed by atoms with Gasteiger partial charge < -0.3 is 29.2 Å². The second-order valence-electron chi connectivity index (χ2n) is 14.5. The predicted octanol–water partition coefficient (Wildman–Crippen LogP) is 5.22. The van der Waals surface area contributed by atoms with E-state index in [2.05, 4.69) is 15.2 Å². The van der Waals surface area contributed by atoms with E-state index in [4.69, 9.17) is 33.7 Å². The number of ether oxygens (including phenoxy) is 4. The number of nitrogen functional groups attached to an aromatic ring is 1. The van der Waals surface area contributed by atoms with Crippen LogP contribution >= 0.6 is 7.75 Å². The molecule has 1 saturated heterocycles. The van der Waals surface area contributed by atoms with Crippen LogP contribution in [-0.4, -0.2) is 70.1 Å². The van der Waals surface area contributed by atoms with Crippen molar-refractivity contribution in [3.05, 3.63) is 54.5 Å². The number of hydrogen-bond donors (Lipinski definition) is 2. The standard InChI is InChI=1S/C35H50N5O10P/c1-21(2)31(41)47-28-26(49-35(9,29(28)48-32(42)22(3)4)27-16-15-25-30(36)37-20-38-40(25)27)19-46-51(44,50-24-13-11-10-12-14-24)39-23(5)33(43)45-18-17-34(6,7)8/h10-16,20-23,26,28-29H,17-19H2,1-9H3,(H,39,44)(H2,36,37,38)/t23-,26+,28+,29+,35-,51?/m0/s1. The average molecular weight is 732 g/mol. The van der Waals surface area contributed by atoms with Gasteiger partial charge >= 0.3 is 25.7 Å². The first kappa shape index (κ1) is 39.7. The van der Waals surface area contributed by atoms with E-state index in [9.17, 15) is 18.9 Å². The molecule has 6 atom stereocenters. The van der Waals surface area contributed by atoms with E-state index in [1.165, 1.54) is 17.8 Å². The fourth-order valence-corrected chi connectivity index (χ4v) is 6.73. The van der Waals surface area contributed by atoms with Crippen molar-refractivity contribution in [1.82, 2.24) is 19.7 Å². The predicted molar refractivity (Wildman–Crippen MR) is 187 cm³/mol. The van der Waals surface area contributed by atoms with Crippen molar-refractivity contribution in [2.24, 2.45) is 17.3 Å². The Morgan fingerprint density at radius 1 is 1.00 bits per heavy atom. The molecule has 0 radical (unpaired) electrons. The van der Waals surface area contributed by atoms with Gasteiger partial charge in [-0.1, -0.05) is 66.7 Å². The SMILES string of the molecule is CC(C)C(=O)O[C@H]1[C@@H](OC(=O)C(C)C)[C@](C)(c2ccc3c(N)ncnn23)O[C@@H]1COP(=O)(N[C@@H](C)C(=O)OCCC(C)(C)C)Oc1ccccc1. The molecular formula is C35H50N5O10P. The largest absolute Gasteiger partial charge is 0.465 e. The first-order valence-corrected chi connectivity index (χ1v) is 18.5. The van der Waals surface area contributed by atoms with Gasteiger partial charge in [0.05, 0.1) is 30.7 Å². The number of nitrogens with two attached hydrogens (primary N) is 1. The number of para-hydroxylation sites is 1. The molecular weight excluding hydrogens is 681 g/mol. The van der Waals surface area contributed by atoms with Gasteiger partial charge in [0.25, 0.3) is 0 Å². The van der Waals surface area contributed by atoms with Crippen molar-refractivity contribution in [2.45, 2.75) is 98.7 Å². The van der Waals surface area contributed by atoms with Crippen LogP contribution in [0.1, 0.15) is 74.4 Å². The van der Waals surface area contributed by atoms with Crippen LogP contribution in [0.4, 0.5) is 5.82 Å². The number of nitrogens with one attached hydrogen (secondary N) is 1. The molecule has 1 aromatic carbocycles. The molecule has 0 amide bonds. The van der Waals surface area contributed by atoms with Gasteiger partial charge in [-0.25, -0.2) is 14.1 Å². The number of anilines is 1. The summed E-state index contributed by atoms with van der Waals surface area (Å²) in [6.45, 7) is 15.5. The molecule has 51 heavy (non-hydrogen) atoms. The van der Waals surface area contributed by atoms with Gasteiger partial charge in [0.15, 0.2) is 18.0 Å². The van der Waals surface area contributed by atoms with Crippen LogP contribution in [0, 0.1) is 17.3 Å². The minimum Gasteiger partial charge on any atom is -0.465 e. The van der Waals surface area contributed by atoms with Crippen molar-refractivity contribution in [3.63, 3.8) is 0 Å². The summed E-state index contributed by atoms with van der Waals surface area (Å²) < 4.78 is 51.8. The minimum absolute atomic E-state index is 0.0643. The number of nitrogens with zero attached hydrogens (tertiary/aromatic N) is 3. The van der Waals surface area contributed by atoms with Crippen LogP contribution < -0.4 is 15.3 Å². The van der Waals surface area contributed by atoms with Gasteiger partial charge in [0.2, 0.25) is 0 Å². The topological polar surface area (TPSA) is 192 Å². The normalized spacial score (nSPS) is 22.5. The molecule has 16 heteroatoms. The van der Waals surface area contributed by atoms with Crippen LogP contribution in [0.15, 0.2) is 48.8 Å². The summed E-state index contributed by atoms with van der Waals surface area (Å²) in [4.78, 5) is 43.3. The van der Waals surface area contributed by atoms with Crippen molar-refractivity contribution in [1.29, 1.82) is 0 Å². The van der Waals surface area contributed by atoms with Crippen LogP contribution in [0.3, 0.4) is 0 Å². The van der Waals surface area contributed by atoms with Crippen LogP contribution in [0.2, 0.25) is 0 Å². The monoisotopic (exact) mass is 731 g/mol. The number of benzene rings is 1. The fourth-order valence-electron chi connectivity index (χ4n) is 5.22. The third-order valence-electron chi connectivity index (χ3n) is 8.21. The quantitative estimate of drug-likeness (QED) is 0.117. The van der Waals surface area contributed by atoms with Gasteiger partial charge in [-0.15, -0.1) is 0 Å². The molecule has 1 aliphatic rings. The van der Waals surface area contributed by atoms with E-state index in [0.717, 1.165) is 0 Å². The smallest absolute Gasteiger partial charge is 0.459 e. The zero-order valence-electron chi connectivity index (χ0n) is 30.7. The molecule has 15 nitrogen and oxygen atoms in total. The number of hydrogen-bond acceptors (Lipinski definition) is 13. The lowest BCUT2D eigenvalue weighted by atomic mass is 9.92. The van der Waals surface area contributed by atoms with Crippen molar-refractivity contribution >= 4 is 37.0 Å². The first-order chi connectivity index (χ1) is 23.8. The van der Waals surface area contributed by atoms with E-state index < -0.39 is 74.1 Å². The number of fused-ring (bicyclic) bond motifs is 1. The minimum atomic E-state index is -4.38. The Bertz CT molecular complexity index is 1730. The highest BCUT2D eigenvalue weighted by atomic mass is 31.2. The van der Waals surface area contributed by atoms with Gasteiger partial charge in [0, 0.05) is 0 Å². The highest BCUT2D eigenvalue weighted by molar-refractivity contribution is 7.52. The van der Waals surface area contributed by atoms with Crippen molar-refractivity contribution < 1.29 is 46.9 Å². The first-order valence-electron chi connectivity index (χ1n) is 16.9. The molecule has 1 aliphatic heterocycles. The van der Waals surface area contributed by atoms with E-state index in [-0.39, 0.29) is 23.6 Å². The third kappa shape index (κ3) is 9.85. The molecule has 0 aliphatic carbocycles. The van der Waals surface area contributed by atoms with Crippen molar-refractivity contribution in [2.75, 3.05) is 18.9 Å². The molecule has 0 saturated carbocycles. The summed E-state index contributed by atoms with van der Waals surface area (Å²) in [5.74, 6) is -2.52. The summed E-state index contributed by atoms with van der Waals surface area (Å²) in [6.07, 6.45) is -1.75. The Labute approximate surface area is 298 Å². The molecule has 3 aromatic rings. The zero-order chi connectivity index (χ0) is 37.7.